The van der Waals surface area contributed by atoms with Gasteiger partial charge in [0.2, 0.25) is 0 Å². The van der Waals surface area contributed by atoms with Crippen molar-refractivity contribution in [2.24, 2.45) is 0 Å². The molecule has 0 aromatic rings. The van der Waals surface area contributed by atoms with E-state index < -0.39 is 72.5 Å². The molecule has 0 rings (SSSR count). The smallest absolute Gasteiger partial charge is 0.384 e. The van der Waals surface area contributed by atoms with E-state index in [1.165, 1.54) is 0 Å². The molecule has 32 heavy (non-hydrogen) atoms. The van der Waals surface area contributed by atoms with Crippen molar-refractivity contribution in [3.63, 3.8) is 0 Å². The zero-order valence-electron chi connectivity index (χ0n) is 15.1. The third kappa shape index (κ3) is 4.32. The second-order valence-corrected chi connectivity index (χ2v) is 6.17. The number of hydrogen-bond donors (Lipinski definition) is 0. The highest BCUT2D eigenvalue weighted by atomic mass is 19.4. The van der Waals surface area contributed by atoms with E-state index >= 15 is 0 Å². The Bertz CT molecular complexity index is 712. The van der Waals surface area contributed by atoms with Crippen LogP contribution in [0.3, 0.4) is 0 Å². The van der Waals surface area contributed by atoms with E-state index in [2.05, 4.69) is 11.3 Å². The highest BCUT2D eigenvalue weighted by Crippen LogP contribution is 2.63. The molecule has 0 amide bonds. The maximum absolute atomic E-state index is 13.5. The fraction of sp³-hybridized carbons (Fsp3) is 0.786. The quantitative estimate of drug-likeness (QED) is 0.186. The molecule has 0 heterocycles. The van der Waals surface area contributed by atoms with Crippen molar-refractivity contribution < 1.29 is 79.8 Å². The summed E-state index contributed by atoms with van der Waals surface area (Å²) in [7, 11) is 0. The molecule has 0 spiro atoms. The lowest BCUT2D eigenvalue weighted by atomic mass is 9.88. The van der Waals surface area contributed by atoms with E-state index in [0.29, 0.717) is 0 Å². The number of alkyl halides is 16. The van der Waals surface area contributed by atoms with Gasteiger partial charge < -0.3 is 4.74 Å². The lowest BCUT2D eigenvalue weighted by molar-refractivity contribution is -0.447. The van der Waals surface area contributed by atoms with Gasteiger partial charge in [-0.2, -0.15) is 61.5 Å². The Hall–Kier alpha value is -1.91. The van der Waals surface area contributed by atoms with Crippen LogP contribution in [0, 0.1) is 0 Å². The van der Waals surface area contributed by atoms with E-state index in [4.69, 9.17) is 0 Å². The predicted octanol–water partition coefficient (Wildman–Crippen LogP) is 6.21. The van der Waals surface area contributed by atoms with Crippen LogP contribution in [0.25, 0.3) is 0 Å². The molecule has 0 radical (unpaired) electrons. The van der Waals surface area contributed by atoms with Crippen LogP contribution in [-0.2, 0) is 9.53 Å². The first-order valence-electron chi connectivity index (χ1n) is 7.52. The number of carbonyl (C=O) groups is 1. The van der Waals surface area contributed by atoms with E-state index in [-0.39, 0.29) is 0 Å². The van der Waals surface area contributed by atoms with Gasteiger partial charge in [-0.15, -0.1) is 0 Å². The highest BCUT2D eigenvalue weighted by Gasteiger charge is 2.93. The van der Waals surface area contributed by atoms with E-state index in [1.807, 2.05) is 0 Å². The Morgan fingerprint density at radius 2 is 1.06 bits per heavy atom. The molecule has 0 fully saturated rings. The Kier molecular flexibility index (Phi) is 7.95. The second-order valence-electron chi connectivity index (χ2n) is 6.17. The topological polar surface area (TPSA) is 26.3 Å². The summed E-state index contributed by atoms with van der Waals surface area (Å²) >= 11 is 0. The molecule has 0 aliphatic heterocycles. The first-order valence-corrected chi connectivity index (χ1v) is 7.52. The van der Waals surface area contributed by atoms with Crippen molar-refractivity contribution in [2.75, 3.05) is 6.61 Å². The molecule has 0 bridgehead atoms. The van der Waals surface area contributed by atoms with Crippen molar-refractivity contribution in [3.05, 3.63) is 12.2 Å². The summed E-state index contributed by atoms with van der Waals surface area (Å²) < 4.78 is 213. The van der Waals surface area contributed by atoms with E-state index in [0.717, 1.165) is 6.92 Å². The molecule has 0 atom stereocenters. The van der Waals surface area contributed by atoms with Gasteiger partial charge in [0, 0.05) is 5.57 Å². The van der Waals surface area contributed by atoms with Crippen molar-refractivity contribution >= 4 is 5.97 Å². The van der Waals surface area contributed by atoms with Crippen LogP contribution in [0.1, 0.15) is 13.3 Å². The van der Waals surface area contributed by atoms with Crippen molar-refractivity contribution in [1.29, 1.82) is 0 Å². The molecule has 0 aromatic carbocycles. The van der Waals surface area contributed by atoms with Crippen LogP contribution in [0.5, 0.6) is 0 Å². The van der Waals surface area contributed by atoms with Crippen LogP contribution < -0.4 is 0 Å². The maximum Gasteiger partial charge on any atom is 0.384 e. The number of hydrogen-bond acceptors (Lipinski definition) is 2. The van der Waals surface area contributed by atoms with Gasteiger partial charge in [0.1, 0.15) is 0 Å². The van der Waals surface area contributed by atoms with Crippen LogP contribution in [0.15, 0.2) is 12.2 Å². The lowest BCUT2D eigenvalue weighted by Gasteiger charge is -2.42. The Labute approximate surface area is 167 Å². The molecule has 0 N–H and O–H groups in total. The van der Waals surface area contributed by atoms with Gasteiger partial charge in [-0.05, 0) is 6.92 Å². The fourth-order valence-corrected chi connectivity index (χ4v) is 1.72. The average Bonchev–Trinajstić information content (AvgIpc) is 2.59. The first kappa shape index (κ1) is 30.1. The number of carbonyl (C=O) groups excluding carboxylic acids is 1. The number of esters is 1. The summed E-state index contributed by atoms with van der Waals surface area (Å²) in [6.07, 6.45) is -8.67. The summed E-state index contributed by atoms with van der Waals surface area (Å²) in [5, 5.41) is 0. The zero-order chi connectivity index (χ0) is 26.4. The van der Waals surface area contributed by atoms with Gasteiger partial charge in [-0.3, -0.25) is 0 Å². The molecule has 0 aliphatic carbocycles. The molecule has 0 saturated carbocycles. The Morgan fingerprint density at radius 3 is 1.41 bits per heavy atom. The number of rotatable bonds is 11. The summed E-state index contributed by atoms with van der Waals surface area (Å²) in [5.74, 6) is -56.5. The molecule has 0 unspecified atom stereocenters. The first-order chi connectivity index (χ1) is 13.8. The van der Waals surface area contributed by atoms with Crippen molar-refractivity contribution in [3.8, 4) is 0 Å². The normalized spacial score (nSPS) is 15.2. The van der Waals surface area contributed by atoms with E-state index in [1.54, 1.807) is 0 Å². The molecular formula is C14H10F16O2. The summed E-state index contributed by atoms with van der Waals surface area (Å²) in [4.78, 5) is 10.9. The second kappa shape index (κ2) is 8.46. The average molecular weight is 514 g/mol. The SMILES string of the molecule is C=C(C)C(=O)OCCC(F)(F)C(F)(F)C(F)(F)C(F)(F)C(F)(F)C(F)(F)C(F)(F)C(F)F. The Balaban J connectivity index is 6.26. The minimum atomic E-state index is -8.44. The van der Waals surface area contributed by atoms with Crippen LogP contribution in [-0.4, -0.2) is 60.5 Å². The maximum atomic E-state index is 13.5. The molecule has 190 valence electrons. The largest absolute Gasteiger partial charge is 0.462 e. The van der Waals surface area contributed by atoms with Gasteiger partial charge in [0.15, 0.2) is 0 Å². The third-order valence-electron chi connectivity index (χ3n) is 3.73. The fourth-order valence-electron chi connectivity index (χ4n) is 1.72. The summed E-state index contributed by atoms with van der Waals surface area (Å²) in [5.41, 5.74) is -0.557. The highest BCUT2D eigenvalue weighted by molar-refractivity contribution is 5.86. The molecule has 18 heteroatoms. The zero-order valence-corrected chi connectivity index (χ0v) is 15.1. The minimum Gasteiger partial charge on any atom is -0.462 e. The van der Waals surface area contributed by atoms with Gasteiger partial charge >= 0.3 is 53.9 Å². The van der Waals surface area contributed by atoms with Gasteiger partial charge in [-0.25, -0.2) is 13.6 Å². The molecule has 0 saturated heterocycles. The third-order valence-corrected chi connectivity index (χ3v) is 3.73. The van der Waals surface area contributed by atoms with Crippen molar-refractivity contribution in [2.45, 2.75) is 61.2 Å². The molecule has 0 aromatic heterocycles. The minimum absolute atomic E-state index is 0.557. The van der Waals surface area contributed by atoms with Gasteiger partial charge in [-0.1, -0.05) is 6.58 Å². The summed E-state index contributed by atoms with van der Waals surface area (Å²) in [6.45, 7) is 1.81. The van der Waals surface area contributed by atoms with Gasteiger partial charge in [0.25, 0.3) is 0 Å². The molecule has 2 nitrogen and oxygen atoms in total. The molecular weight excluding hydrogens is 504 g/mol. The predicted molar refractivity (Wildman–Crippen MR) is 71.0 cm³/mol. The van der Waals surface area contributed by atoms with Crippen LogP contribution in [0.2, 0.25) is 0 Å². The van der Waals surface area contributed by atoms with Crippen LogP contribution >= 0.6 is 0 Å². The van der Waals surface area contributed by atoms with E-state index in [9.17, 15) is 75.0 Å². The molecule has 0 aliphatic rings. The van der Waals surface area contributed by atoms with Crippen molar-refractivity contribution in [1.82, 2.24) is 0 Å². The number of halogens is 16. The number of ether oxygens (including phenoxy) is 1. The summed E-state index contributed by atoms with van der Waals surface area (Å²) in [6, 6.07) is 0. The lowest BCUT2D eigenvalue weighted by Crippen LogP contribution is -2.73. The van der Waals surface area contributed by atoms with Gasteiger partial charge in [0.05, 0.1) is 13.0 Å². The standard InChI is InChI=1S/C14H10F16O2/c1-5(2)6(31)32-4-3-8(17,18)10(21,22)12(25,26)14(29,30)13(27,28)11(23,24)9(19,20)7(15)16/h7H,1,3-4H2,2H3. The van der Waals surface area contributed by atoms with Crippen LogP contribution in [0.4, 0.5) is 70.2 Å². The monoisotopic (exact) mass is 514 g/mol. The Morgan fingerprint density at radius 1 is 0.719 bits per heavy atom.